The number of aromatic nitrogens is 1. The average Bonchev–Trinajstić information content (AvgIpc) is 3.08. The number of carbonyl (C=O) groups excluding carboxylic acids is 1. The number of aliphatic hydroxyl groups is 1. The van der Waals surface area contributed by atoms with Crippen LogP contribution >= 0.6 is 0 Å². The molecule has 35 heavy (non-hydrogen) atoms. The van der Waals surface area contributed by atoms with Gasteiger partial charge in [-0.15, -0.1) is 0 Å². The first kappa shape index (κ1) is 23.8. The van der Waals surface area contributed by atoms with Crippen molar-refractivity contribution in [2.45, 2.75) is 50.9 Å². The van der Waals surface area contributed by atoms with Gasteiger partial charge in [0.15, 0.2) is 0 Å². The summed E-state index contributed by atoms with van der Waals surface area (Å²) >= 11 is 0. The van der Waals surface area contributed by atoms with Crippen molar-refractivity contribution in [2.75, 3.05) is 27.8 Å². The molecule has 1 amide bonds. The van der Waals surface area contributed by atoms with E-state index in [0.29, 0.717) is 13.1 Å². The lowest BCUT2D eigenvalue weighted by Crippen LogP contribution is -2.46. The highest BCUT2D eigenvalue weighted by Gasteiger charge is 2.56. The molecule has 4 atom stereocenters. The zero-order chi connectivity index (χ0) is 24.7. The second kappa shape index (κ2) is 9.63. The van der Waals surface area contributed by atoms with Crippen LogP contribution in [0.2, 0.25) is 0 Å². The second-order valence-corrected chi connectivity index (χ2v) is 10.2. The number of rotatable bonds is 6. The number of ether oxygens (including phenoxy) is 1. The predicted octanol–water partition coefficient (Wildman–Crippen LogP) is 3.07. The first-order chi connectivity index (χ1) is 17.0. The van der Waals surface area contributed by atoms with Crippen molar-refractivity contribution in [2.24, 2.45) is 11.8 Å². The summed E-state index contributed by atoms with van der Waals surface area (Å²) in [5.74, 6) is 0.0934. The van der Waals surface area contributed by atoms with Crippen LogP contribution in [0.25, 0.3) is 5.57 Å². The number of benzene rings is 1. The lowest BCUT2D eigenvalue weighted by Gasteiger charge is -2.38. The first-order valence-electron chi connectivity index (χ1n) is 12.6. The maximum atomic E-state index is 13.7. The van der Waals surface area contributed by atoms with Gasteiger partial charge >= 0.3 is 0 Å². The number of hydrogen-bond acceptors (Lipinski definition) is 5. The molecule has 1 aliphatic carbocycles. The van der Waals surface area contributed by atoms with E-state index >= 15 is 0 Å². The van der Waals surface area contributed by atoms with Crippen molar-refractivity contribution in [3.8, 4) is 5.75 Å². The number of nitrogens with zero attached hydrogens (tertiary/aromatic N) is 3. The van der Waals surface area contributed by atoms with Crippen molar-refractivity contribution in [1.82, 2.24) is 14.4 Å². The third-order valence-electron chi connectivity index (χ3n) is 8.08. The van der Waals surface area contributed by atoms with Crippen LogP contribution in [0.3, 0.4) is 0 Å². The molecule has 1 saturated heterocycles. The Morgan fingerprint density at radius 3 is 2.66 bits per heavy atom. The van der Waals surface area contributed by atoms with Gasteiger partial charge in [-0.2, -0.15) is 0 Å². The van der Waals surface area contributed by atoms with Gasteiger partial charge in [0.1, 0.15) is 5.75 Å². The summed E-state index contributed by atoms with van der Waals surface area (Å²) < 4.78 is 7.48. The van der Waals surface area contributed by atoms with Gasteiger partial charge in [-0.25, -0.2) is 0 Å². The summed E-state index contributed by atoms with van der Waals surface area (Å²) in [5.41, 5.74) is 3.83. The van der Waals surface area contributed by atoms with Gasteiger partial charge in [0.25, 0.3) is 5.56 Å². The molecule has 3 heterocycles. The van der Waals surface area contributed by atoms with Crippen LogP contribution in [0.15, 0.2) is 47.3 Å². The number of para-hydroxylation sites is 1. The number of fused-ring (bicyclic) bond motifs is 4. The zero-order valence-corrected chi connectivity index (χ0v) is 20.8. The Bertz CT molecular complexity index is 1200. The minimum atomic E-state index is -0.428. The molecule has 1 aromatic carbocycles. The molecule has 2 aliphatic heterocycles. The smallest absolute Gasteiger partial charge is 0.258 e. The molecular formula is C28H35N3O4. The number of hydrogen-bond donors (Lipinski definition) is 1. The SMILES string of the molecule is COc1ccccc1CN1[C@@H]2Cn3c(ccc(C4=CCCCC4)c3=O)[C@H]1[C@@H](C(=O)N(C)C)[C@@H]2CO. The maximum Gasteiger partial charge on any atom is 0.258 e. The van der Waals surface area contributed by atoms with Gasteiger partial charge in [0, 0.05) is 62.6 Å². The summed E-state index contributed by atoms with van der Waals surface area (Å²) in [6.07, 6.45) is 6.43. The number of pyridine rings is 1. The van der Waals surface area contributed by atoms with Crippen molar-refractivity contribution >= 4 is 11.5 Å². The standard InChI is InChI=1S/C28H35N3O4/c1-29(2)28(34)25-21(17-32)23-16-31-22(14-13-20(27(31)33)18-9-5-4-6-10-18)26(25)30(23)15-19-11-7-8-12-24(19)35-3/h7-9,11-14,21,23,25-26,32H,4-6,10,15-17H2,1-3H3/t21-,23-,25+,26+/m1/s1. The average molecular weight is 478 g/mol. The maximum absolute atomic E-state index is 13.7. The summed E-state index contributed by atoms with van der Waals surface area (Å²) in [6.45, 7) is 0.937. The molecule has 7 heteroatoms. The lowest BCUT2D eigenvalue weighted by atomic mass is 9.86. The Labute approximate surface area is 206 Å². The molecule has 0 saturated carbocycles. The van der Waals surface area contributed by atoms with Crippen LogP contribution in [0.1, 0.15) is 48.5 Å². The molecule has 1 aromatic heterocycles. The van der Waals surface area contributed by atoms with Crippen molar-refractivity contribution in [3.05, 3.63) is 69.6 Å². The van der Waals surface area contributed by atoms with E-state index in [1.165, 1.54) is 6.42 Å². The number of aliphatic hydroxyl groups excluding tert-OH is 1. The summed E-state index contributed by atoms with van der Waals surface area (Å²) in [5, 5.41) is 10.5. The lowest BCUT2D eigenvalue weighted by molar-refractivity contribution is -0.135. The minimum absolute atomic E-state index is 0.0125. The van der Waals surface area contributed by atoms with Crippen molar-refractivity contribution in [3.63, 3.8) is 0 Å². The normalized spacial score (nSPS) is 25.7. The third kappa shape index (κ3) is 4.00. The molecule has 0 unspecified atom stereocenters. The van der Waals surface area contributed by atoms with Gasteiger partial charge in [-0.3, -0.25) is 14.5 Å². The molecule has 1 N–H and O–H groups in total. The van der Waals surface area contributed by atoms with Crippen LogP contribution in [-0.4, -0.2) is 59.2 Å². The number of amides is 1. The Balaban J connectivity index is 1.62. The van der Waals surface area contributed by atoms with E-state index in [1.807, 2.05) is 41.0 Å². The van der Waals surface area contributed by atoms with Crippen LogP contribution in [0.5, 0.6) is 5.75 Å². The van der Waals surface area contributed by atoms with Gasteiger partial charge in [0.05, 0.1) is 19.1 Å². The Morgan fingerprint density at radius 1 is 1.17 bits per heavy atom. The van der Waals surface area contributed by atoms with E-state index in [1.54, 1.807) is 26.1 Å². The fourth-order valence-electron chi connectivity index (χ4n) is 6.38. The van der Waals surface area contributed by atoms with Crippen LogP contribution in [0, 0.1) is 11.8 Å². The van der Waals surface area contributed by atoms with Gasteiger partial charge in [-0.1, -0.05) is 24.3 Å². The van der Waals surface area contributed by atoms with Crippen LogP contribution < -0.4 is 10.3 Å². The summed E-state index contributed by atoms with van der Waals surface area (Å²) in [4.78, 5) is 31.1. The third-order valence-corrected chi connectivity index (χ3v) is 8.08. The monoisotopic (exact) mass is 477 g/mol. The van der Waals surface area contributed by atoms with E-state index in [4.69, 9.17) is 4.74 Å². The van der Waals surface area contributed by atoms with Gasteiger partial charge in [-0.05, 0) is 49.5 Å². The fourth-order valence-corrected chi connectivity index (χ4v) is 6.38. The Morgan fingerprint density at radius 2 is 1.97 bits per heavy atom. The fraction of sp³-hybridized carbons (Fsp3) is 0.500. The van der Waals surface area contributed by atoms with E-state index in [9.17, 15) is 14.7 Å². The minimum Gasteiger partial charge on any atom is -0.496 e. The Kier molecular flexibility index (Phi) is 6.55. The predicted molar refractivity (Wildman–Crippen MR) is 135 cm³/mol. The van der Waals surface area contributed by atoms with E-state index in [2.05, 4.69) is 11.0 Å². The molecule has 2 aromatic rings. The van der Waals surface area contributed by atoms with Crippen molar-refractivity contribution < 1.29 is 14.6 Å². The first-order valence-corrected chi connectivity index (χ1v) is 12.6. The molecule has 1 fully saturated rings. The van der Waals surface area contributed by atoms with E-state index in [0.717, 1.165) is 47.4 Å². The molecule has 7 nitrogen and oxygen atoms in total. The van der Waals surface area contributed by atoms with E-state index in [-0.39, 0.29) is 36.1 Å². The number of allylic oxidation sites excluding steroid dienone is 2. The number of carbonyl (C=O) groups is 1. The molecule has 0 radical (unpaired) electrons. The zero-order valence-electron chi connectivity index (χ0n) is 20.8. The highest BCUT2D eigenvalue weighted by molar-refractivity contribution is 5.80. The highest BCUT2D eigenvalue weighted by Crippen LogP contribution is 2.50. The molecule has 0 spiro atoms. The Hall–Kier alpha value is -2.90. The summed E-state index contributed by atoms with van der Waals surface area (Å²) in [7, 11) is 5.18. The van der Waals surface area contributed by atoms with Crippen LogP contribution in [-0.2, 0) is 17.9 Å². The van der Waals surface area contributed by atoms with E-state index < -0.39 is 5.92 Å². The highest BCUT2D eigenvalue weighted by atomic mass is 16.5. The van der Waals surface area contributed by atoms with Crippen molar-refractivity contribution in [1.29, 1.82) is 0 Å². The molecular weight excluding hydrogens is 442 g/mol. The second-order valence-electron chi connectivity index (χ2n) is 10.2. The van der Waals surface area contributed by atoms with Crippen LogP contribution in [0.4, 0.5) is 0 Å². The number of methoxy groups -OCH3 is 1. The van der Waals surface area contributed by atoms with Gasteiger partial charge in [0.2, 0.25) is 5.91 Å². The molecule has 5 rings (SSSR count). The molecule has 3 aliphatic rings. The topological polar surface area (TPSA) is 75.0 Å². The largest absolute Gasteiger partial charge is 0.496 e. The van der Waals surface area contributed by atoms with Gasteiger partial charge < -0.3 is 19.3 Å². The molecule has 2 bridgehead atoms. The summed E-state index contributed by atoms with van der Waals surface area (Å²) in [6, 6.07) is 11.5. The molecule has 186 valence electrons. The quantitative estimate of drug-likeness (QED) is 0.692.